The third-order valence-electron chi connectivity index (χ3n) is 5.03. The molecule has 0 unspecified atom stereocenters. The van der Waals surface area contributed by atoms with Crippen LogP contribution in [0, 0.1) is 12.7 Å². The number of fused-ring (bicyclic) bond motifs is 1. The maximum Gasteiger partial charge on any atom is 0.419 e. The summed E-state index contributed by atoms with van der Waals surface area (Å²) in [4.78, 5) is 4.31. The summed E-state index contributed by atoms with van der Waals surface area (Å²) in [6, 6.07) is 12.9. The van der Waals surface area contributed by atoms with Crippen molar-refractivity contribution in [1.82, 2.24) is 9.38 Å². The van der Waals surface area contributed by atoms with Crippen molar-refractivity contribution in [1.29, 1.82) is 0 Å². The smallest absolute Gasteiger partial charge is 0.302 e. The van der Waals surface area contributed by atoms with Crippen LogP contribution in [0.15, 0.2) is 71.8 Å². The first-order valence-corrected chi connectivity index (χ1v) is 11.4. The van der Waals surface area contributed by atoms with Crippen LogP contribution in [0.1, 0.15) is 16.8 Å². The Morgan fingerprint density at radius 1 is 1.06 bits per heavy atom. The summed E-state index contributed by atoms with van der Waals surface area (Å²) in [5, 5.41) is 0.380. The van der Waals surface area contributed by atoms with Gasteiger partial charge in [-0.3, -0.25) is 0 Å². The molecular formula is C22H16ClF4N3O2S. The molecule has 33 heavy (non-hydrogen) atoms. The maximum atomic E-state index is 13.8. The number of halogens is 5. The first-order valence-electron chi connectivity index (χ1n) is 9.56. The first kappa shape index (κ1) is 23.1. The minimum absolute atomic E-state index is 0.0130. The van der Waals surface area contributed by atoms with E-state index in [1.807, 2.05) is 0 Å². The van der Waals surface area contributed by atoms with Crippen LogP contribution in [-0.4, -0.2) is 17.8 Å². The summed E-state index contributed by atoms with van der Waals surface area (Å²) in [5.74, 6) is -1.43. The van der Waals surface area contributed by atoms with Gasteiger partial charge in [-0.15, -0.1) is 0 Å². The molecule has 0 bridgehead atoms. The third kappa shape index (κ3) is 4.40. The second kappa shape index (κ2) is 8.35. The molecule has 11 heteroatoms. The predicted molar refractivity (Wildman–Crippen MR) is 116 cm³/mol. The highest BCUT2D eigenvalue weighted by Crippen LogP contribution is 2.34. The summed E-state index contributed by atoms with van der Waals surface area (Å²) in [5.41, 5.74) is -0.744. The van der Waals surface area contributed by atoms with Crippen LogP contribution in [0.2, 0.25) is 5.02 Å². The maximum absolute atomic E-state index is 13.8. The van der Waals surface area contributed by atoms with Crippen molar-refractivity contribution in [3.8, 4) is 0 Å². The molecule has 0 spiro atoms. The van der Waals surface area contributed by atoms with E-state index in [1.54, 1.807) is 29.7 Å². The molecule has 4 rings (SSSR count). The number of aryl methyl sites for hydroxylation is 1. The van der Waals surface area contributed by atoms with Gasteiger partial charge in [-0.2, -0.15) is 13.2 Å². The van der Waals surface area contributed by atoms with E-state index < -0.39 is 34.1 Å². The molecule has 0 radical (unpaired) electrons. The molecule has 2 aromatic heterocycles. The molecule has 0 saturated heterocycles. The fourth-order valence-corrected chi connectivity index (χ4v) is 5.04. The Bertz CT molecular complexity index is 1440. The van der Waals surface area contributed by atoms with Gasteiger partial charge in [-0.1, -0.05) is 35.9 Å². The second-order valence-electron chi connectivity index (χ2n) is 7.23. The minimum atomic E-state index is -4.93. The highest BCUT2D eigenvalue weighted by Gasteiger charge is 2.35. The molecule has 2 heterocycles. The molecule has 0 fully saturated rings. The molecule has 0 atom stereocenters. The topological polar surface area (TPSA) is 54.7 Å². The molecule has 0 saturated carbocycles. The number of rotatable bonds is 5. The number of hydrogen-bond acceptors (Lipinski definition) is 3. The number of benzene rings is 2. The van der Waals surface area contributed by atoms with Gasteiger partial charge in [-0.25, -0.2) is 22.1 Å². The van der Waals surface area contributed by atoms with E-state index in [4.69, 9.17) is 11.6 Å². The van der Waals surface area contributed by atoms with Crippen LogP contribution in [0.25, 0.3) is 5.65 Å². The normalized spacial score (nSPS) is 12.3. The number of sulfonamides is 1. The summed E-state index contributed by atoms with van der Waals surface area (Å²) in [6.07, 6.45) is -3.32. The fourth-order valence-electron chi connectivity index (χ4n) is 3.41. The van der Waals surface area contributed by atoms with E-state index >= 15 is 0 Å². The lowest BCUT2D eigenvalue weighted by molar-refractivity contribution is -0.140. The van der Waals surface area contributed by atoms with Gasteiger partial charge in [0.05, 0.1) is 22.7 Å². The minimum Gasteiger partial charge on any atom is -0.302 e. The Labute approximate surface area is 191 Å². The molecule has 172 valence electrons. The number of imidazole rings is 1. The van der Waals surface area contributed by atoms with Crippen molar-refractivity contribution in [2.24, 2.45) is 0 Å². The van der Waals surface area contributed by atoms with Crippen LogP contribution in [0.5, 0.6) is 0 Å². The van der Waals surface area contributed by atoms with Gasteiger partial charge < -0.3 is 4.40 Å². The average Bonchev–Trinajstić information content (AvgIpc) is 3.07. The van der Waals surface area contributed by atoms with Crippen LogP contribution in [0.3, 0.4) is 0 Å². The van der Waals surface area contributed by atoms with Gasteiger partial charge >= 0.3 is 6.18 Å². The third-order valence-corrected chi connectivity index (χ3v) is 7.02. The number of anilines is 1. The summed E-state index contributed by atoms with van der Waals surface area (Å²) in [7, 11) is -4.24. The lowest BCUT2D eigenvalue weighted by atomic mass is 10.1. The lowest BCUT2D eigenvalue weighted by Gasteiger charge is -2.24. The number of nitrogens with zero attached hydrogens (tertiary/aromatic N) is 3. The molecule has 0 N–H and O–H groups in total. The van der Waals surface area contributed by atoms with Crippen molar-refractivity contribution in [2.45, 2.75) is 24.5 Å². The van der Waals surface area contributed by atoms with Crippen molar-refractivity contribution in [3.63, 3.8) is 0 Å². The Balaban J connectivity index is 1.89. The number of pyridine rings is 1. The van der Waals surface area contributed by atoms with Crippen LogP contribution in [-0.2, 0) is 22.7 Å². The van der Waals surface area contributed by atoms with E-state index in [1.165, 1.54) is 30.3 Å². The highest BCUT2D eigenvalue weighted by molar-refractivity contribution is 7.92. The zero-order valence-electron chi connectivity index (χ0n) is 17.0. The van der Waals surface area contributed by atoms with Gasteiger partial charge in [-0.05, 0) is 42.8 Å². The zero-order chi connectivity index (χ0) is 24.0. The SMILES string of the molecule is Cc1c(N(Cc2ccc(F)c(C(F)(F)F)c2)S(=O)(=O)c2ccccc2)nc2cc(Cl)ccn12. The molecule has 0 aliphatic rings. The summed E-state index contributed by atoms with van der Waals surface area (Å²) in [6.45, 7) is 1.13. The van der Waals surface area contributed by atoms with E-state index in [0.29, 0.717) is 28.5 Å². The van der Waals surface area contributed by atoms with E-state index in [-0.39, 0.29) is 16.3 Å². The van der Waals surface area contributed by atoms with Crippen molar-refractivity contribution in [3.05, 3.63) is 94.5 Å². The largest absolute Gasteiger partial charge is 0.419 e. The Kier molecular flexibility index (Phi) is 5.83. The summed E-state index contributed by atoms with van der Waals surface area (Å²) < 4.78 is 83.1. The van der Waals surface area contributed by atoms with Gasteiger partial charge in [0.25, 0.3) is 10.0 Å². The van der Waals surface area contributed by atoms with Gasteiger partial charge in [0.2, 0.25) is 0 Å². The van der Waals surface area contributed by atoms with Crippen LogP contribution >= 0.6 is 11.6 Å². The predicted octanol–water partition coefficient (Wildman–Crippen LogP) is 5.85. The standard InChI is InChI=1S/C22H16ClF4N3O2S/c1-14-21(28-20-12-16(23)9-10-29(14)20)30(33(31,32)17-5-3-2-4-6-17)13-15-7-8-19(24)18(11-15)22(25,26)27/h2-12H,13H2,1H3. The van der Waals surface area contributed by atoms with Crippen molar-refractivity contribution < 1.29 is 26.0 Å². The van der Waals surface area contributed by atoms with Crippen LogP contribution in [0.4, 0.5) is 23.4 Å². The average molecular weight is 498 g/mol. The molecule has 0 amide bonds. The number of alkyl halides is 3. The highest BCUT2D eigenvalue weighted by atomic mass is 35.5. The number of hydrogen-bond donors (Lipinski definition) is 0. The molecule has 2 aromatic carbocycles. The Morgan fingerprint density at radius 3 is 2.42 bits per heavy atom. The second-order valence-corrected chi connectivity index (χ2v) is 9.53. The van der Waals surface area contributed by atoms with E-state index in [9.17, 15) is 26.0 Å². The summed E-state index contributed by atoms with van der Waals surface area (Å²) >= 11 is 6.02. The monoisotopic (exact) mass is 497 g/mol. The molecular weight excluding hydrogens is 482 g/mol. The van der Waals surface area contributed by atoms with E-state index in [0.717, 1.165) is 10.4 Å². The molecule has 5 nitrogen and oxygen atoms in total. The lowest BCUT2D eigenvalue weighted by Crippen LogP contribution is -2.31. The zero-order valence-corrected chi connectivity index (χ0v) is 18.6. The molecule has 4 aromatic rings. The quantitative estimate of drug-likeness (QED) is 0.325. The number of aromatic nitrogens is 2. The Morgan fingerprint density at radius 2 is 1.76 bits per heavy atom. The van der Waals surface area contributed by atoms with Crippen molar-refractivity contribution in [2.75, 3.05) is 4.31 Å². The van der Waals surface area contributed by atoms with E-state index in [2.05, 4.69) is 4.98 Å². The van der Waals surface area contributed by atoms with Crippen LogP contribution < -0.4 is 4.31 Å². The molecule has 0 aliphatic carbocycles. The molecule has 0 aliphatic heterocycles. The first-order chi connectivity index (χ1) is 15.5. The van der Waals surface area contributed by atoms with Gasteiger partial charge in [0, 0.05) is 17.3 Å². The van der Waals surface area contributed by atoms with Gasteiger partial charge in [0.1, 0.15) is 11.5 Å². The van der Waals surface area contributed by atoms with Gasteiger partial charge in [0.15, 0.2) is 5.82 Å². The Hall–Kier alpha value is -3.11. The fraction of sp³-hybridized carbons (Fsp3) is 0.136. The van der Waals surface area contributed by atoms with Crippen molar-refractivity contribution >= 4 is 33.1 Å².